The minimum atomic E-state index is -0.281. The molecule has 0 aliphatic carbocycles. The third-order valence-electron chi connectivity index (χ3n) is 3.83. The van der Waals surface area contributed by atoms with Gasteiger partial charge >= 0.3 is 5.97 Å². The van der Waals surface area contributed by atoms with Crippen LogP contribution in [0.4, 0.5) is 0 Å². The summed E-state index contributed by atoms with van der Waals surface area (Å²) < 4.78 is 4.98. The van der Waals surface area contributed by atoms with Crippen LogP contribution in [-0.2, 0) is 9.53 Å². The van der Waals surface area contributed by atoms with Crippen LogP contribution in [0.5, 0.6) is 0 Å². The first kappa shape index (κ1) is 20.4. The van der Waals surface area contributed by atoms with E-state index in [-0.39, 0.29) is 19.0 Å². The van der Waals surface area contributed by atoms with Gasteiger partial charge in [-0.1, -0.05) is 84.0 Å². The molecule has 3 heteroatoms. The van der Waals surface area contributed by atoms with Crippen molar-refractivity contribution in [2.45, 2.75) is 96.8 Å². The zero-order chi connectivity index (χ0) is 15.6. The molecule has 0 amide bonds. The lowest BCUT2D eigenvalue weighted by atomic mass is 10.0. The Balaban J connectivity index is 3.01. The Morgan fingerprint density at radius 1 is 0.762 bits per heavy atom. The van der Waals surface area contributed by atoms with Crippen LogP contribution < -0.4 is 0 Å². The lowest BCUT2D eigenvalue weighted by Crippen LogP contribution is -2.07. The Bertz CT molecular complexity index is 217. The van der Waals surface area contributed by atoms with E-state index in [1.54, 1.807) is 0 Å². The lowest BCUT2D eigenvalue weighted by molar-refractivity contribution is -0.144. The molecule has 0 spiro atoms. The van der Waals surface area contributed by atoms with Crippen LogP contribution in [-0.4, -0.2) is 24.3 Å². The molecule has 0 aromatic heterocycles. The van der Waals surface area contributed by atoms with Crippen molar-refractivity contribution in [3.05, 3.63) is 0 Å². The first-order valence-corrected chi connectivity index (χ1v) is 9.07. The van der Waals surface area contributed by atoms with E-state index in [9.17, 15) is 4.79 Å². The van der Waals surface area contributed by atoms with Gasteiger partial charge in [-0.2, -0.15) is 0 Å². The van der Waals surface area contributed by atoms with Crippen LogP contribution in [0.2, 0.25) is 0 Å². The van der Waals surface area contributed by atoms with Crippen molar-refractivity contribution >= 4 is 5.97 Å². The van der Waals surface area contributed by atoms with Gasteiger partial charge in [0.15, 0.2) is 0 Å². The van der Waals surface area contributed by atoms with Crippen LogP contribution in [0.1, 0.15) is 96.8 Å². The zero-order valence-electron chi connectivity index (χ0n) is 14.1. The summed E-state index contributed by atoms with van der Waals surface area (Å²) in [6.07, 6.45) is 17.3. The van der Waals surface area contributed by atoms with Gasteiger partial charge in [-0.15, -0.1) is 0 Å². The molecule has 0 heterocycles. The van der Waals surface area contributed by atoms with E-state index in [1.165, 1.54) is 70.6 Å². The summed E-state index contributed by atoms with van der Waals surface area (Å²) >= 11 is 0. The van der Waals surface area contributed by atoms with E-state index < -0.39 is 0 Å². The Labute approximate surface area is 131 Å². The molecule has 0 atom stereocenters. The van der Waals surface area contributed by atoms with E-state index in [1.807, 2.05) is 0 Å². The molecule has 21 heavy (non-hydrogen) atoms. The van der Waals surface area contributed by atoms with E-state index >= 15 is 0 Å². The maximum Gasteiger partial charge on any atom is 0.308 e. The zero-order valence-corrected chi connectivity index (χ0v) is 14.1. The van der Waals surface area contributed by atoms with E-state index in [0.29, 0.717) is 6.61 Å². The van der Waals surface area contributed by atoms with Crippen molar-refractivity contribution in [2.75, 3.05) is 13.2 Å². The third kappa shape index (κ3) is 17.4. The summed E-state index contributed by atoms with van der Waals surface area (Å²) in [5, 5.41) is 8.55. The summed E-state index contributed by atoms with van der Waals surface area (Å²) in [5.41, 5.74) is 0. The molecule has 0 unspecified atom stereocenters. The summed E-state index contributed by atoms with van der Waals surface area (Å²) in [5.74, 6) is -0.281. The van der Waals surface area contributed by atoms with Crippen LogP contribution in [0.3, 0.4) is 0 Å². The molecule has 0 saturated heterocycles. The van der Waals surface area contributed by atoms with Gasteiger partial charge in [-0.3, -0.25) is 4.79 Å². The molecule has 0 saturated carbocycles. The number of carbonyl (C=O) groups excluding carboxylic acids is 1. The van der Waals surface area contributed by atoms with Crippen LogP contribution in [0.15, 0.2) is 0 Å². The average molecular weight is 300 g/mol. The van der Waals surface area contributed by atoms with E-state index in [0.717, 1.165) is 12.8 Å². The standard InChI is InChI=1S/C18H36O3/c1-2-3-4-5-6-7-8-9-10-11-12-13-14-17-21-18(20)15-16-19/h19H,2-17H2,1H3. The molecule has 0 aromatic carbocycles. The highest BCUT2D eigenvalue weighted by molar-refractivity contribution is 5.69. The summed E-state index contributed by atoms with van der Waals surface area (Å²) in [6.45, 7) is 2.66. The van der Waals surface area contributed by atoms with Crippen molar-refractivity contribution in [3.63, 3.8) is 0 Å². The molecule has 0 aliphatic rings. The predicted octanol–water partition coefficient (Wildman–Crippen LogP) is 5.00. The number of aliphatic hydroxyl groups excluding tert-OH is 1. The third-order valence-corrected chi connectivity index (χ3v) is 3.83. The normalized spacial score (nSPS) is 10.8. The molecular weight excluding hydrogens is 264 g/mol. The number of rotatable bonds is 16. The van der Waals surface area contributed by atoms with Gasteiger partial charge in [0.1, 0.15) is 0 Å². The second-order valence-corrected chi connectivity index (χ2v) is 5.94. The Hall–Kier alpha value is -0.570. The fraction of sp³-hybridized carbons (Fsp3) is 0.944. The van der Waals surface area contributed by atoms with E-state index in [2.05, 4.69) is 6.92 Å². The highest BCUT2D eigenvalue weighted by Crippen LogP contribution is 2.12. The lowest BCUT2D eigenvalue weighted by Gasteiger charge is -2.04. The molecule has 0 fully saturated rings. The van der Waals surface area contributed by atoms with Crippen molar-refractivity contribution < 1.29 is 14.6 Å². The molecule has 0 rings (SSSR count). The number of hydrogen-bond donors (Lipinski definition) is 1. The first-order valence-electron chi connectivity index (χ1n) is 9.07. The van der Waals surface area contributed by atoms with Crippen molar-refractivity contribution in [2.24, 2.45) is 0 Å². The van der Waals surface area contributed by atoms with Crippen molar-refractivity contribution in [3.8, 4) is 0 Å². The molecule has 3 nitrogen and oxygen atoms in total. The topological polar surface area (TPSA) is 46.5 Å². The number of carbonyl (C=O) groups is 1. The summed E-state index contributed by atoms with van der Waals surface area (Å²) in [6, 6.07) is 0. The van der Waals surface area contributed by atoms with Crippen molar-refractivity contribution in [1.29, 1.82) is 0 Å². The number of esters is 1. The quantitative estimate of drug-likeness (QED) is 0.322. The van der Waals surface area contributed by atoms with Gasteiger partial charge in [0.05, 0.1) is 19.6 Å². The predicted molar refractivity (Wildman–Crippen MR) is 88.4 cm³/mol. The molecule has 0 bridgehead atoms. The smallest absolute Gasteiger partial charge is 0.308 e. The Kier molecular flexibility index (Phi) is 17.0. The second-order valence-electron chi connectivity index (χ2n) is 5.94. The van der Waals surface area contributed by atoms with Gasteiger partial charge in [0.2, 0.25) is 0 Å². The molecular formula is C18H36O3. The monoisotopic (exact) mass is 300 g/mol. The van der Waals surface area contributed by atoms with Crippen LogP contribution in [0.25, 0.3) is 0 Å². The SMILES string of the molecule is CCCCCCCCCCCCCCCOC(=O)CCO. The van der Waals surface area contributed by atoms with Crippen LogP contribution in [0, 0.1) is 0 Å². The first-order chi connectivity index (χ1) is 10.3. The molecule has 1 N–H and O–H groups in total. The number of hydrogen-bond acceptors (Lipinski definition) is 3. The summed E-state index contributed by atoms with van der Waals surface area (Å²) in [7, 11) is 0. The van der Waals surface area contributed by atoms with E-state index in [4.69, 9.17) is 9.84 Å². The largest absolute Gasteiger partial charge is 0.466 e. The van der Waals surface area contributed by atoms with Gasteiger partial charge in [0, 0.05) is 0 Å². The second kappa shape index (κ2) is 17.5. The average Bonchev–Trinajstić information content (AvgIpc) is 2.48. The van der Waals surface area contributed by atoms with Crippen LogP contribution >= 0.6 is 0 Å². The fourth-order valence-electron chi connectivity index (χ4n) is 2.47. The number of unbranched alkanes of at least 4 members (excludes halogenated alkanes) is 12. The molecule has 0 radical (unpaired) electrons. The molecule has 0 aliphatic heterocycles. The Morgan fingerprint density at radius 3 is 1.62 bits per heavy atom. The maximum absolute atomic E-state index is 11.0. The highest BCUT2D eigenvalue weighted by atomic mass is 16.5. The minimum Gasteiger partial charge on any atom is -0.466 e. The molecule has 0 aromatic rings. The van der Waals surface area contributed by atoms with Gasteiger partial charge in [0.25, 0.3) is 0 Å². The number of ether oxygens (including phenoxy) is 1. The maximum atomic E-state index is 11.0. The highest BCUT2D eigenvalue weighted by Gasteiger charge is 2.00. The van der Waals surface area contributed by atoms with Crippen molar-refractivity contribution in [1.82, 2.24) is 0 Å². The number of aliphatic hydroxyl groups is 1. The summed E-state index contributed by atoms with van der Waals surface area (Å²) in [4.78, 5) is 11.0. The minimum absolute atomic E-state index is 0.114. The fourth-order valence-corrected chi connectivity index (χ4v) is 2.47. The van der Waals surface area contributed by atoms with Gasteiger partial charge in [-0.25, -0.2) is 0 Å². The Morgan fingerprint density at radius 2 is 1.19 bits per heavy atom. The van der Waals surface area contributed by atoms with Gasteiger partial charge < -0.3 is 9.84 Å². The molecule has 126 valence electrons. The van der Waals surface area contributed by atoms with Gasteiger partial charge in [-0.05, 0) is 6.42 Å².